The average molecular weight is 393 g/mol. The third kappa shape index (κ3) is 2.08. The van der Waals surface area contributed by atoms with Crippen LogP contribution in [-0.2, 0) is 0 Å². The van der Waals surface area contributed by atoms with E-state index < -0.39 is 0 Å². The topological polar surface area (TPSA) is 0 Å². The van der Waals surface area contributed by atoms with Crippen LogP contribution in [0.1, 0.15) is 0 Å². The van der Waals surface area contributed by atoms with Gasteiger partial charge in [0.25, 0.3) is 0 Å². The number of thioether (sulfide) groups is 4. The van der Waals surface area contributed by atoms with E-state index >= 15 is 0 Å². The molecule has 6 heteroatoms. The summed E-state index contributed by atoms with van der Waals surface area (Å²) in [6, 6.07) is 4.59. The van der Waals surface area contributed by atoms with Gasteiger partial charge in [-0.15, -0.1) is 22.7 Å². The molecule has 2 aromatic heterocycles. The van der Waals surface area contributed by atoms with Gasteiger partial charge in [-0.05, 0) is 44.5 Å². The van der Waals surface area contributed by atoms with Crippen molar-refractivity contribution in [2.24, 2.45) is 0 Å². The number of thiophene rings is 2. The Morgan fingerprint density at radius 3 is 1.36 bits per heavy atom. The van der Waals surface area contributed by atoms with E-state index in [9.17, 15) is 0 Å². The van der Waals surface area contributed by atoms with Gasteiger partial charge in [-0.3, -0.25) is 0 Å². The highest BCUT2D eigenvalue weighted by Gasteiger charge is 2.16. The molecule has 0 N–H and O–H groups in total. The maximum atomic E-state index is 2.29. The molecule has 0 saturated carbocycles. The van der Waals surface area contributed by atoms with E-state index in [0.717, 1.165) is 0 Å². The quantitative estimate of drug-likeness (QED) is 0.450. The molecule has 0 atom stereocenters. The van der Waals surface area contributed by atoms with Crippen LogP contribution in [0.25, 0.3) is 28.6 Å². The Hall–Kier alpha value is -0.240. The van der Waals surface area contributed by atoms with E-state index in [0.29, 0.717) is 0 Å². The summed E-state index contributed by atoms with van der Waals surface area (Å²) in [7, 11) is 0. The highest BCUT2D eigenvalue weighted by atomic mass is 32.2. The van der Waals surface area contributed by atoms with Crippen molar-refractivity contribution in [1.82, 2.24) is 0 Å². The van der Waals surface area contributed by atoms with E-state index in [1.807, 2.05) is 69.7 Å². The van der Waals surface area contributed by atoms with Crippen LogP contribution in [0.4, 0.5) is 0 Å². The first-order valence-electron chi connectivity index (χ1n) is 6.55. The molecular formula is C16H8S6. The third-order valence-electron chi connectivity index (χ3n) is 3.54. The van der Waals surface area contributed by atoms with Crippen LogP contribution < -0.4 is 10.4 Å². The largest absolute Gasteiger partial charge is 0.143 e. The van der Waals surface area contributed by atoms with Gasteiger partial charge in [0.2, 0.25) is 0 Å². The fourth-order valence-corrected chi connectivity index (χ4v) is 8.71. The van der Waals surface area contributed by atoms with Crippen molar-refractivity contribution < 1.29 is 0 Å². The van der Waals surface area contributed by atoms with Gasteiger partial charge in [-0.2, -0.15) is 0 Å². The van der Waals surface area contributed by atoms with E-state index in [-0.39, 0.29) is 0 Å². The summed E-state index contributed by atoms with van der Waals surface area (Å²) < 4.78 is 5.69. The monoisotopic (exact) mass is 392 g/mol. The highest BCUT2D eigenvalue weighted by Crippen LogP contribution is 2.41. The molecule has 0 fully saturated rings. The molecule has 3 aromatic rings. The maximum absolute atomic E-state index is 2.29. The number of rotatable bonds is 0. The van der Waals surface area contributed by atoms with Crippen molar-refractivity contribution in [2.75, 3.05) is 0 Å². The number of hydrogen-bond acceptors (Lipinski definition) is 6. The zero-order chi connectivity index (χ0) is 14.5. The van der Waals surface area contributed by atoms with Gasteiger partial charge < -0.3 is 0 Å². The molecule has 1 aromatic carbocycles. The van der Waals surface area contributed by atoms with Crippen molar-refractivity contribution in [1.29, 1.82) is 0 Å². The summed E-state index contributed by atoms with van der Waals surface area (Å²) in [4.78, 5) is 0. The van der Waals surface area contributed by atoms with E-state index in [4.69, 9.17) is 0 Å². The second kappa shape index (κ2) is 5.69. The Labute approximate surface area is 152 Å². The fourth-order valence-electron chi connectivity index (χ4n) is 2.70. The number of hydrogen-bond donors (Lipinski definition) is 0. The Morgan fingerprint density at radius 2 is 0.955 bits per heavy atom. The first-order valence-corrected chi connectivity index (χ1v) is 11.8. The summed E-state index contributed by atoms with van der Waals surface area (Å²) in [6.45, 7) is 0. The highest BCUT2D eigenvalue weighted by molar-refractivity contribution is 8.35. The van der Waals surface area contributed by atoms with Crippen LogP contribution in [0.5, 0.6) is 0 Å². The molecule has 0 aliphatic carbocycles. The Morgan fingerprint density at radius 1 is 0.545 bits per heavy atom. The fraction of sp³-hybridized carbons (Fsp3) is 0. The molecular weight excluding hydrogens is 385 g/mol. The summed E-state index contributed by atoms with van der Waals surface area (Å²) in [5.41, 5.74) is 0. The molecule has 2 aliphatic heterocycles. The lowest BCUT2D eigenvalue weighted by atomic mass is 10.1. The van der Waals surface area contributed by atoms with Crippen LogP contribution >= 0.6 is 69.7 Å². The average Bonchev–Trinajstić information content (AvgIpc) is 3.29. The van der Waals surface area contributed by atoms with Gasteiger partial charge in [-0.25, -0.2) is 0 Å². The molecule has 22 heavy (non-hydrogen) atoms. The van der Waals surface area contributed by atoms with Gasteiger partial charge in [0.1, 0.15) is 0 Å². The normalized spacial score (nSPS) is 17.6. The van der Waals surface area contributed by atoms with Crippen LogP contribution in [0.15, 0.2) is 44.5 Å². The molecule has 0 nitrogen and oxygen atoms in total. The van der Waals surface area contributed by atoms with E-state index in [2.05, 4.69) is 44.5 Å². The second-order valence-electron chi connectivity index (χ2n) is 4.67. The van der Waals surface area contributed by atoms with Crippen molar-refractivity contribution in [3.05, 3.63) is 55.0 Å². The predicted octanol–water partition coefficient (Wildman–Crippen LogP) is 6.15. The van der Waals surface area contributed by atoms with E-state index in [1.165, 1.54) is 39.1 Å². The van der Waals surface area contributed by atoms with Crippen molar-refractivity contribution in [3.8, 4) is 0 Å². The smallest absolute Gasteiger partial charge is 0.0580 e. The summed E-state index contributed by atoms with van der Waals surface area (Å²) in [5, 5.41) is 18.9. The van der Waals surface area contributed by atoms with Crippen LogP contribution in [0, 0.1) is 0 Å². The molecule has 0 amide bonds. The van der Waals surface area contributed by atoms with Gasteiger partial charge in [0, 0.05) is 30.6 Å². The Balaban J connectivity index is 2.08. The summed E-state index contributed by atoms with van der Waals surface area (Å²) in [5.74, 6) is 0. The molecule has 0 bridgehead atoms. The summed E-state index contributed by atoms with van der Waals surface area (Å²) in [6.07, 6.45) is 0. The SMILES string of the molecule is C1=CSC(=c2c3ccsc3c(=C3SC=CS3)c3ccsc23)S1. The Kier molecular flexibility index (Phi) is 3.65. The van der Waals surface area contributed by atoms with Crippen LogP contribution in [-0.4, -0.2) is 0 Å². The first kappa shape index (κ1) is 14.1. The zero-order valence-corrected chi connectivity index (χ0v) is 16.0. The van der Waals surface area contributed by atoms with Crippen LogP contribution in [0.2, 0.25) is 0 Å². The molecule has 108 valence electrons. The van der Waals surface area contributed by atoms with Gasteiger partial charge >= 0.3 is 0 Å². The Bertz CT molecular complexity index is 918. The molecule has 0 unspecified atom stereocenters. The molecule has 0 saturated heterocycles. The molecule has 5 rings (SSSR count). The van der Waals surface area contributed by atoms with Gasteiger partial charge in [0.15, 0.2) is 0 Å². The maximum Gasteiger partial charge on any atom is 0.0580 e. The second-order valence-corrected chi connectivity index (χ2v) is 10.7. The van der Waals surface area contributed by atoms with Crippen molar-refractivity contribution in [2.45, 2.75) is 0 Å². The lowest BCUT2D eigenvalue weighted by Gasteiger charge is -2.04. The van der Waals surface area contributed by atoms with Gasteiger partial charge in [-0.1, -0.05) is 47.0 Å². The number of fused-ring (bicyclic) bond motifs is 2. The van der Waals surface area contributed by atoms with Gasteiger partial charge in [0.05, 0.1) is 8.47 Å². The minimum atomic E-state index is 1.41. The first-order chi connectivity index (χ1) is 10.9. The minimum absolute atomic E-state index is 1.41. The zero-order valence-electron chi connectivity index (χ0n) is 11.1. The molecule has 2 aliphatic rings. The standard InChI is InChI=1S/C16H8S6/c1-3-17-13-9(1)11(15-19-5-6-20-15)14-10(2-4-18-14)12(13)16-21-7-8-22-16/h1-8H. The van der Waals surface area contributed by atoms with Crippen LogP contribution in [0.3, 0.4) is 0 Å². The predicted molar refractivity (Wildman–Crippen MR) is 112 cm³/mol. The third-order valence-corrected chi connectivity index (χ3v) is 9.67. The minimum Gasteiger partial charge on any atom is -0.143 e. The number of benzene rings is 1. The van der Waals surface area contributed by atoms with E-state index in [1.54, 1.807) is 0 Å². The molecule has 0 spiro atoms. The molecule has 4 heterocycles. The molecule has 0 radical (unpaired) electrons. The lowest BCUT2D eigenvalue weighted by molar-refractivity contribution is 1.86. The lowest BCUT2D eigenvalue weighted by Crippen LogP contribution is -2.13. The summed E-state index contributed by atoms with van der Waals surface area (Å²) >= 11 is 11.1. The van der Waals surface area contributed by atoms with Crippen molar-refractivity contribution >= 4 is 98.4 Å². The van der Waals surface area contributed by atoms with Crippen molar-refractivity contribution in [3.63, 3.8) is 0 Å².